The number of carboxylic acids is 1. The van der Waals surface area contributed by atoms with Crippen molar-refractivity contribution in [3.63, 3.8) is 0 Å². The zero-order chi connectivity index (χ0) is 15.7. The van der Waals surface area contributed by atoms with E-state index in [9.17, 15) is 35.9 Å². The van der Waals surface area contributed by atoms with Crippen LogP contribution in [0.15, 0.2) is 0 Å². The van der Waals surface area contributed by atoms with Gasteiger partial charge in [-0.05, 0) is 0 Å². The lowest BCUT2D eigenvalue weighted by molar-refractivity contribution is -0.272. The predicted octanol–water partition coefficient (Wildman–Crippen LogP) is 1.18. The molecule has 1 heterocycles. The standard InChI is InChI=1S/C7H4F6N4O3/c8-6(9,10)1(7(11,12)13)3(18)15-5-14-2(4(19)20)16-17-5/h1H,(H,19,20)(H2,14,15,16,17,18). The minimum Gasteiger partial charge on any atom is -0.475 e. The van der Waals surface area contributed by atoms with E-state index in [4.69, 9.17) is 5.11 Å². The first kappa shape index (κ1) is 15.7. The number of hydrogen-bond acceptors (Lipinski definition) is 4. The molecular weight excluding hydrogens is 302 g/mol. The third kappa shape index (κ3) is 3.58. The van der Waals surface area contributed by atoms with Gasteiger partial charge < -0.3 is 5.11 Å². The average Bonchev–Trinajstić information content (AvgIpc) is 2.60. The van der Waals surface area contributed by atoms with Crippen molar-refractivity contribution in [3.05, 3.63) is 5.82 Å². The number of aromatic carboxylic acids is 1. The van der Waals surface area contributed by atoms with Crippen LogP contribution in [-0.4, -0.2) is 44.5 Å². The fourth-order valence-corrected chi connectivity index (χ4v) is 1.08. The average molecular weight is 306 g/mol. The number of amides is 1. The first-order chi connectivity index (χ1) is 8.93. The summed E-state index contributed by atoms with van der Waals surface area (Å²) in [5.74, 6) is -10.3. The molecule has 1 amide bonds. The highest BCUT2D eigenvalue weighted by atomic mass is 19.4. The molecule has 1 aromatic heterocycles. The Kier molecular flexibility index (Phi) is 3.91. The van der Waals surface area contributed by atoms with Crippen LogP contribution in [0.2, 0.25) is 0 Å². The Balaban J connectivity index is 2.94. The van der Waals surface area contributed by atoms with Crippen LogP contribution < -0.4 is 5.32 Å². The van der Waals surface area contributed by atoms with Crippen LogP contribution >= 0.6 is 0 Å². The lowest BCUT2D eigenvalue weighted by atomic mass is 10.1. The van der Waals surface area contributed by atoms with Gasteiger partial charge in [0.1, 0.15) is 0 Å². The van der Waals surface area contributed by atoms with Crippen molar-refractivity contribution in [2.24, 2.45) is 5.92 Å². The summed E-state index contributed by atoms with van der Waals surface area (Å²) >= 11 is 0. The van der Waals surface area contributed by atoms with Crippen LogP contribution in [0.25, 0.3) is 0 Å². The minimum absolute atomic E-state index is 0.865. The molecule has 0 aliphatic rings. The molecule has 0 saturated heterocycles. The minimum atomic E-state index is -5.87. The van der Waals surface area contributed by atoms with Crippen LogP contribution in [0.1, 0.15) is 10.6 Å². The predicted molar refractivity (Wildman–Crippen MR) is 47.6 cm³/mol. The van der Waals surface area contributed by atoms with Gasteiger partial charge in [0, 0.05) is 0 Å². The van der Waals surface area contributed by atoms with Crippen molar-refractivity contribution in [3.8, 4) is 0 Å². The van der Waals surface area contributed by atoms with Crippen LogP contribution in [-0.2, 0) is 4.79 Å². The van der Waals surface area contributed by atoms with Crippen molar-refractivity contribution in [1.82, 2.24) is 15.2 Å². The first-order valence-electron chi connectivity index (χ1n) is 4.53. The molecule has 7 nitrogen and oxygen atoms in total. The molecule has 0 fully saturated rings. The Morgan fingerprint density at radius 1 is 1.15 bits per heavy atom. The van der Waals surface area contributed by atoms with E-state index in [1.165, 1.54) is 0 Å². The number of nitrogens with one attached hydrogen (secondary N) is 2. The normalized spacial score (nSPS) is 12.6. The Morgan fingerprint density at radius 3 is 2.00 bits per heavy atom. The summed E-state index contributed by atoms with van der Waals surface area (Å²) in [5.41, 5.74) is 0. The Bertz CT molecular complexity index is 507. The Hall–Kier alpha value is -2.34. The fourth-order valence-electron chi connectivity index (χ4n) is 1.08. The largest absolute Gasteiger partial charge is 0.475 e. The maximum atomic E-state index is 12.2. The molecule has 0 aromatic carbocycles. The number of anilines is 1. The van der Waals surface area contributed by atoms with Gasteiger partial charge in [-0.1, -0.05) is 0 Å². The summed E-state index contributed by atoms with van der Waals surface area (Å²) in [6.07, 6.45) is -11.7. The SMILES string of the molecule is O=C(O)c1nc(NC(=O)C(C(F)(F)F)C(F)(F)F)n[nH]1. The van der Waals surface area contributed by atoms with Gasteiger partial charge in [0.25, 0.3) is 0 Å². The second-order valence-electron chi connectivity index (χ2n) is 3.32. The second kappa shape index (κ2) is 4.97. The number of carbonyl (C=O) groups excluding carboxylic acids is 1. The van der Waals surface area contributed by atoms with Crippen molar-refractivity contribution in [2.75, 3.05) is 5.32 Å². The highest BCUT2D eigenvalue weighted by Gasteiger charge is 2.61. The smallest absolute Gasteiger partial charge is 0.409 e. The molecule has 0 bridgehead atoms. The second-order valence-corrected chi connectivity index (χ2v) is 3.32. The molecule has 13 heteroatoms. The summed E-state index contributed by atoms with van der Waals surface area (Å²) < 4.78 is 73.1. The number of aromatic nitrogens is 3. The van der Waals surface area contributed by atoms with E-state index in [-0.39, 0.29) is 0 Å². The lowest BCUT2D eigenvalue weighted by Crippen LogP contribution is -2.45. The van der Waals surface area contributed by atoms with Gasteiger partial charge in [0.05, 0.1) is 0 Å². The van der Waals surface area contributed by atoms with Crippen LogP contribution in [0, 0.1) is 5.92 Å². The Morgan fingerprint density at radius 2 is 1.65 bits per heavy atom. The molecule has 0 aliphatic heterocycles. The quantitative estimate of drug-likeness (QED) is 0.727. The monoisotopic (exact) mass is 306 g/mol. The van der Waals surface area contributed by atoms with Gasteiger partial charge in [-0.2, -0.15) is 31.3 Å². The van der Waals surface area contributed by atoms with E-state index in [1.54, 1.807) is 5.10 Å². The van der Waals surface area contributed by atoms with Crippen molar-refractivity contribution in [1.29, 1.82) is 0 Å². The van der Waals surface area contributed by atoms with Gasteiger partial charge in [0.2, 0.25) is 23.6 Å². The van der Waals surface area contributed by atoms with Gasteiger partial charge in [-0.3, -0.25) is 15.2 Å². The molecular formula is C7H4F6N4O3. The number of rotatable bonds is 3. The molecule has 0 radical (unpaired) electrons. The van der Waals surface area contributed by atoms with Gasteiger partial charge in [-0.25, -0.2) is 4.79 Å². The summed E-state index contributed by atoms with van der Waals surface area (Å²) in [6, 6.07) is 0. The molecule has 0 unspecified atom stereocenters. The van der Waals surface area contributed by atoms with E-state index in [0.717, 1.165) is 5.32 Å². The Labute approximate surface area is 105 Å². The number of nitrogens with zero attached hydrogens (tertiary/aromatic N) is 2. The maximum absolute atomic E-state index is 12.2. The molecule has 0 atom stereocenters. The lowest BCUT2D eigenvalue weighted by Gasteiger charge is -2.21. The van der Waals surface area contributed by atoms with E-state index in [0.29, 0.717) is 0 Å². The summed E-state index contributed by atoms with van der Waals surface area (Å²) in [7, 11) is 0. The number of H-pyrrole nitrogens is 1. The third-order valence-electron chi connectivity index (χ3n) is 1.84. The first-order valence-corrected chi connectivity index (χ1v) is 4.53. The summed E-state index contributed by atoms with van der Waals surface area (Å²) in [4.78, 5) is 24.3. The highest BCUT2D eigenvalue weighted by Crippen LogP contribution is 2.39. The molecule has 1 aromatic rings. The molecule has 0 aliphatic carbocycles. The van der Waals surface area contributed by atoms with E-state index in [2.05, 4.69) is 10.1 Å². The van der Waals surface area contributed by atoms with Crippen molar-refractivity contribution < 1.29 is 41.0 Å². The number of aromatic amines is 1. The third-order valence-corrected chi connectivity index (χ3v) is 1.84. The molecule has 3 N–H and O–H groups in total. The number of carboxylic acid groups (broad SMARTS) is 1. The number of halogens is 6. The molecule has 112 valence electrons. The number of alkyl halides is 6. The highest BCUT2D eigenvalue weighted by molar-refractivity contribution is 5.92. The number of hydrogen-bond donors (Lipinski definition) is 3. The van der Waals surface area contributed by atoms with Gasteiger partial charge in [0.15, 0.2) is 0 Å². The molecule has 1 rings (SSSR count). The molecule has 0 spiro atoms. The number of carbonyl (C=O) groups is 2. The topological polar surface area (TPSA) is 108 Å². The van der Waals surface area contributed by atoms with Crippen LogP contribution in [0.3, 0.4) is 0 Å². The molecule has 20 heavy (non-hydrogen) atoms. The zero-order valence-corrected chi connectivity index (χ0v) is 9.00. The van der Waals surface area contributed by atoms with E-state index in [1.807, 2.05) is 0 Å². The summed E-state index contributed by atoms with van der Waals surface area (Å²) in [5, 5.41) is 14.2. The zero-order valence-electron chi connectivity index (χ0n) is 9.00. The van der Waals surface area contributed by atoms with Crippen LogP contribution in [0.4, 0.5) is 32.3 Å². The maximum Gasteiger partial charge on any atom is 0.409 e. The van der Waals surface area contributed by atoms with Crippen molar-refractivity contribution >= 4 is 17.8 Å². The van der Waals surface area contributed by atoms with Crippen LogP contribution in [0.5, 0.6) is 0 Å². The van der Waals surface area contributed by atoms with Gasteiger partial charge >= 0.3 is 18.3 Å². The fraction of sp³-hybridized carbons (Fsp3) is 0.429. The van der Waals surface area contributed by atoms with E-state index < -0.39 is 41.9 Å². The van der Waals surface area contributed by atoms with E-state index >= 15 is 0 Å². The van der Waals surface area contributed by atoms with Gasteiger partial charge in [-0.15, -0.1) is 5.10 Å². The van der Waals surface area contributed by atoms with Crippen molar-refractivity contribution in [2.45, 2.75) is 12.4 Å². The summed E-state index contributed by atoms with van der Waals surface area (Å²) in [6.45, 7) is 0. The molecule has 0 saturated carbocycles.